The average Bonchev–Trinajstić information content (AvgIpc) is 2.14. The quantitative estimate of drug-likeness (QED) is 0.818. The summed E-state index contributed by atoms with van der Waals surface area (Å²) in [5, 5.41) is 4.20. The van der Waals surface area contributed by atoms with E-state index in [1.165, 1.54) is 11.1 Å². The summed E-state index contributed by atoms with van der Waals surface area (Å²) in [6.45, 7) is 6.52. The fraction of sp³-hybridized carbons (Fsp3) is 0.538. The van der Waals surface area contributed by atoms with Crippen molar-refractivity contribution in [3.8, 4) is 0 Å². The van der Waals surface area contributed by atoms with Crippen molar-refractivity contribution in [3.05, 3.63) is 34.3 Å². The number of nitrogens with one attached hydrogen (secondary N) is 1. The van der Waals surface area contributed by atoms with Crippen LogP contribution in [0.4, 0.5) is 0 Å². The lowest BCUT2D eigenvalue weighted by Gasteiger charge is -2.20. The maximum atomic E-state index is 6.25. The van der Waals surface area contributed by atoms with Crippen LogP contribution >= 0.6 is 11.6 Å². The molecule has 1 unspecified atom stereocenters. The van der Waals surface area contributed by atoms with Gasteiger partial charge in [-0.3, -0.25) is 0 Å². The molecule has 1 atom stereocenters. The standard InChI is InChI=1S/C13H20ClN/c1-9(2)7-13(15-4)11-6-5-10(3)8-12(11)14/h5-6,8-9,13,15H,7H2,1-4H3. The second-order valence-electron chi connectivity index (χ2n) is 4.50. The SMILES string of the molecule is CNC(CC(C)C)c1ccc(C)cc1Cl. The van der Waals surface area contributed by atoms with Crippen LogP contribution in [0, 0.1) is 12.8 Å². The topological polar surface area (TPSA) is 12.0 Å². The van der Waals surface area contributed by atoms with E-state index in [1.54, 1.807) is 0 Å². The van der Waals surface area contributed by atoms with Crippen LogP contribution < -0.4 is 5.32 Å². The molecule has 15 heavy (non-hydrogen) atoms. The predicted molar refractivity (Wildman–Crippen MR) is 67.4 cm³/mol. The zero-order valence-electron chi connectivity index (χ0n) is 9.97. The molecular weight excluding hydrogens is 206 g/mol. The Labute approximate surface area is 97.8 Å². The second-order valence-corrected chi connectivity index (χ2v) is 4.90. The number of rotatable bonds is 4. The van der Waals surface area contributed by atoms with Crippen LogP contribution in [0.1, 0.15) is 37.4 Å². The fourth-order valence-corrected chi connectivity index (χ4v) is 2.15. The van der Waals surface area contributed by atoms with Crippen molar-refractivity contribution in [1.29, 1.82) is 0 Å². The summed E-state index contributed by atoms with van der Waals surface area (Å²) >= 11 is 6.25. The lowest BCUT2D eigenvalue weighted by atomic mass is 9.96. The zero-order valence-corrected chi connectivity index (χ0v) is 10.7. The summed E-state index contributed by atoms with van der Waals surface area (Å²) < 4.78 is 0. The Morgan fingerprint density at radius 1 is 1.33 bits per heavy atom. The minimum atomic E-state index is 0.359. The van der Waals surface area contributed by atoms with Crippen molar-refractivity contribution in [3.63, 3.8) is 0 Å². The maximum absolute atomic E-state index is 6.25. The Hall–Kier alpha value is -0.530. The van der Waals surface area contributed by atoms with Crippen LogP contribution in [-0.2, 0) is 0 Å². The van der Waals surface area contributed by atoms with Crippen LogP contribution in [0.2, 0.25) is 5.02 Å². The number of hydrogen-bond donors (Lipinski definition) is 1. The van der Waals surface area contributed by atoms with E-state index in [4.69, 9.17) is 11.6 Å². The Balaban J connectivity index is 2.91. The molecule has 1 aromatic carbocycles. The third-order valence-corrected chi connectivity index (χ3v) is 2.91. The second kappa shape index (κ2) is 5.53. The van der Waals surface area contributed by atoms with E-state index in [9.17, 15) is 0 Å². The van der Waals surface area contributed by atoms with Crippen LogP contribution in [0.5, 0.6) is 0 Å². The minimum absolute atomic E-state index is 0.359. The first-order chi connectivity index (χ1) is 7.04. The normalized spacial score (nSPS) is 13.2. The summed E-state index contributed by atoms with van der Waals surface area (Å²) in [5.74, 6) is 0.666. The number of hydrogen-bond acceptors (Lipinski definition) is 1. The maximum Gasteiger partial charge on any atom is 0.0456 e. The van der Waals surface area contributed by atoms with Gasteiger partial charge in [0.1, 0.15) is 0 Å². The minimum Gasteiger partial charge on any atom is -0.313 e. The van der Waals surface area contributed by atoms with Gasteiger partial charge in [0.2, 0.25) is 0 Å². The van der Waals surface area contributed by atoms with Gasteiger partial charge in [-0.25, -0.2) is 0 Å². The first-order valence-electron chi connectivity index (χ1n) is 5.48. The molecular formula is C13H20ClN. The molecule has 0 saturated heterocycles. The van der Waals surface area contributed by atoms with Gasteiger partial charge in [-0.2, -0.15) is 0 Å². The highest BCUT2D eigenvalue weighted by molar-refractivity contribution is 6.31. The van der Waals surface area contributed by atoms with Crippen LogP contribution in [-0.4, -0.2) is 7.05 Å². The number of benzene rings is 1. The van der Waals surface area contributed by atoms with Gasteiger partial charge in [0.05, 0.1) is 0 Å². The van der Waals surface area contributed by atoms with Crippen molar-refractivity contribution >= 4 is 11.6 Å². The van der Waals surface area contributed by atoms with E-state index in [1.807, 2.05) is 13.1 Å². The van der Waals surface area contributed by atoms with Crippen molar-refractivity contribution in [1.82, 2.24) is 5.32 Å². The molecule has 84 valence electrons. The molecule has 0 spiro atoms. The molecule has 0 amide bonds. The predicted octanol–water partition coefficient (Wildman–Crippen LogP) is 3.96. The lowest BCUT2D eigenvalue weighted by molar-refractivity contribution is 0.457. The molecule has 1 aromatic rings. The molecule has 0 bridgehead atoms. The third-order valence-electron chi connectivity index (χ3n) is 2.59. The molecule has 0 heterocycles. The van der Waals surface area contributed by atoms with Crippen molar-refractivity contribution in [2.24, 2.45) is 5.92 Å². The van der Waals surface area contributed by atoms with E-state index >= 15 is 0 Å². The van der Waals surface area contributed by atoms with Gasteiger partial charge in [0.15, 0.2) is 0 Å². The Kier molecular flexibility index (Phi) is 4.62. The van der Waals surface area contributed by atoms with Crippen LogP contribution in [0.3, 0.4) is 0 Å². The molecule has 0 aliphatic carbocycles. The molecule has 0 aliphatic rings. The van der Waals surface area contributed by atoms with Crippen LogP contribution in [0.25, 0.3) is 0 Å². The summed E-state index contributed by atoms with van der Waals surface area (Å²) in [6, 6.07) is 6.63. The lowest BCUT2D eigenvalue weighted by Crippen LogP contribution is -2.18. The van der Waals surface area contributed by atoms with Crippen molar-refractivity contribution in [2.75, 3.05) is 7.05 Å². The van der Waals surface area contributed by atoms with Gasteiger partial charge in [-0.1, -0.05) is 37.6 Å². The molecule has 0 fully saturated rings. The monoisotopic (exact) mass is 225 g/mol. The van der Waals surface area contributed by atoms with Gasteiger partial charge in [-0.05, 0) is 43.5 Å². The highest BCUT2D eigenvalue weighted by Crippen LogP contribution is 2.28. The molecule has 1 rings (SSSR count). The zero-order chi connectivity index (χ0) is 11.4. The average molecular weight is 226 g/mol. The first kappa shape index (κ1) is 12.5. The highest BCUT2D eigenvalue weighted by atomic mass is 35.5. The highest BCUT2D eigenvalue weighted by Gasteiger charge is 2.13. The summed E-state index contributed by atoms with van der Waals surface area (Å²) in [5.41, 5.74) is 2.42. The van der Waals surface area contributed by atoms with Gasteiger partial charge in [0.25, 0.3) is 0 Å². The molecule has 1 N–H and O–H groups in total. The first-order valence-corrected chi connectivity index (χ1v) is 5.85. The van der Waals surface area contributed by atoms with E-state index in [2.05, 4.69) is 38.2 Å². The van der Waals surface area contributed by atoms with Gasteiger partial charge in [-0.15, -0.1) is 0 Å². The number of aryl methyl sites for hydroxylation is 1. The van der Waals surface area contributed by atoms with E-state index in [-0.39, 0.29) is 0 Å². The van der Waals surface area contributed by atoms with E-state index in [0.29, 0.717) is 12.0 Å². The van der Waals surface area contributed by atoms with Gasteiger partial charge >= 0.3 is 0 Å². The fourth-order valence-electron chi connectivity index (χ4n) is 1.79. The third kappa shape index (κ3) is 3.51. The largest absolute Gasteiger partial charge is 0.313 e. The van der Waals surface area contributed by atoms with Gasteiger partial charge in [0, 0.05) is 11.1 Å². The van der Waals surface area contributed by atoms with Crippen LogP contribution in [0.15, 0.2) is 18.2 Å². The Morgan fingerprint density at radius 2 is 2.00 bits per heavy atom. The number of halogens is 1. The van der Waals surface area contributed by atoms with Crippen molar-refractivity contribution in [2.45, 2.75) is 33.2 Å². The summed E-state index contributed by atoms with van der Waals surface area (Å²) in [6.07, 6.45) is 1.11. The smallest absolute Gasteiger partial charge is 0.0456 e. The van der Waals surface area contributed by atoms with E-state index in [0.717, 1.165) is 11.4 Å². The van der Waals surface area contributed by atoms with Crippen molar-refractivity contribution < 1.29 is 0 Å². The molecule has 1 nitrogen and oxygen atoms in total. The van der Waals surface area contributed by atoms with Gasteiger partial charge < -0.3 is 5.32 Å². The summed E-state index contributed by atoms with van der Waals surface area (Å²) in [4.78, 5) is 0. The summed E-state index contributed by atoms with van der Waals surface area (Å²) in [7, 11) is 1.99. The molecule has 0 radical (unpaired) electrons. The Bertz CT molecular complexity index is 320. The Morgan fingerprint density at radius 3 is 2.47 bits per heavy atom. The molecule has 0 aliphatic heterocycles. The molecule has 0 saturated carbocycles. The van der Waals surface area contributed by atoms with E-state index < -0.39 is 0 Å². The molecule has 0 aromatic heterocycles. The molecule has 2 heteroatoms.